The summed E-state index contributed by atoms with van der Waals surface area (Å²) in [7, 11) is 1.58. The number of hydrogen-bond acceptors (Lipinski definition) is 5. The van der Waals surface area contributed by atoms with E-state index in [-0.39, 0.29) is 18.7 Å². The van der Waals surface area contributed by atoms with Gasteiger partial charge in [0.05, 0.1) is 0 Å². The first-order chi connectivity index (χ1) is 8.65. The van der Waals surface area contributed by atoms with Crippen molar-refractivity contribution < 1.29 is 14.3 Å². The van der Waals surface area contributed by atoms with Gasteiger partial charge in [-0.1, -0.05) is 6.07 Å². The molecule has 0 saturated carbocycles. The molecular weight excluding hydrogens is 234 g/mol. The Bertz CT molecular complexity index is 592. The van der Waals surface area contributed by atoms with Crippen molar-refractivity contribution in [2.75, 3.05) is 13.8 Å². The number of carbonyl (C=O) groups is 1. The van der Waals surface area contributed by atoms with Crippen LogP contribution in [-0.2, 0) is 4.79 Å². The number of benzene rings is 1. The maximum Gasteiger partial charge on any atom is 0.279 e. The van der Waals surface area contributed by atoms with E-state index >= 15 is 0 Å². The van der Waals surface area contributed by atoms with Crippen LogP contribution in [0.25, 0.3) is 6.08 Å². The first kappa shape index (κ1) is 10.6. The normalized spacial score (nSPS) is 19.6. The maximum absolute atomic E-state index is 11.8. The molecule has 6 nitrogen and oxygen atoms in total. The quantitative estimate of drug-likeness (QED) is 0.733. The minimum atomic E-state index is -0.217. The molecule has 0 aromatic heterocycles. The molecule has 0 bridgehead atoms. The van der Waals surface area contributed by atoms with Crippen molar-refractivity contribution in [3.05, 3.63) is 29.5 Å². The summed E-state index contributed by atoms with van der Waals surface area (Å²) in [6.45, 7) is 0.224. The van der Waals surface area contributed by atoms with Crippen LogP contribution in [0.3, 0.4) is 0 Å². The van der Waals surface area contributed by atoms with Crippen LogP contribution in [0.2, 0.25) is 0 Å². The highest BCUT2D eigenvalue weighted by atomic mass is 16.7. The second kappa shape index (κ2) is 3.76. The van der Waals surface area contributed by atoms with E-state index in [9.17, 15) is 4.79 Å². The molecule has 0 unspecified atom stereocenters. The molecule has 2 aliphatic heterocycles. The Morgan fingerprint density at radius 1 is 1.39 bits per heavy atom. The number of amides is 1. The van der Waals surface area contributed by atoms with Gasteiger partial charge < -0.3 is 15.2 Å². The fourth-order valence-corrected chi connectivity index (χ4v) is 1.78. The number of likely N-dealkylation sites (N-methyl/N-ethyl adjacent to an activating group) is 1. The minimum absolute atomic E-state index is 0.201. The van der Waals surface area contributed by atoms with E-state index in [2.05, 4.69) is 4.99 Å². The fourth-order valence-electron chi connectivity index (χ4n) is 1.78. The summed E-state index contributed by atoms with van der Waals surface area (Å²) in [6.07, 6.45) is 1.67. The molecule has 0 saturated heterocycles. The van der Waals surface area contributed by atoms with Gasteiger partial charge in [-0.05, 0) is 23.8 Å². The van der Waals surface area contributed by atoms with Gasteiger partial charge in [-0.25, -0.2) is 4.99 Å². The third-order valence-electron chi connectivity index (χ3n) is 2.80. The summed E-state index contributed by atoms with van der Waals surface area (Å²) in [5.41, 5.74) is 6.70. The van der Waals surface area contributed by atoms with Crippen molar-refractivity contribution in [2.45, 2.75) is 0 Å². The largest absolute Gasteiger partial charge is 0.454 e. The summed E-state index contributed by atoms with van der Waals surface area (Å²) in [5, 5.41) is 0. The van der Waals surface area contributed by atoms with Crippen LogP contribution in [0, 0.1) is 0 Å². The van der Waals surface area contributed by atoms with Crippen molar-refractivity contribution in [3.63, 3.8) is 0 Å². The molecule has 2 N–H and O–H groups in total. The Morgan fingerprint density at radius 3 is 2.89 bits per heavy atom. The molecule has 0 atom stereocenters. The van der Waals surface area contributed by atoms with Gasteiger partial charge >= 0.3 is 0 Å². The van der Waals surface area contributed by atoms with Crippen LogP contribution in [0.5, 0.6) is 11.5 Å². The number of fused-ring (bicyclic) bond motifs is 1. The highest BCUT2D eigenvalue weighted by molar-refractivity contribution is 6.12. The van der Waals surface area contributed by atoms with Crippen LogP contribution in [-0.4, -0.2) is 30.6 Å². The summed E-state index contributed by atoms with van der Waals surface area (Å²) < 4.78 is 10.5. The van der Waals surface area contributed by atoms with Crippen molar-refractivity contribution in [1.29, 1.82) is 0 Å². The van der Waals surface area contributed by atoms with Crippen LogP contribution in [0.15, 0.2) is 28.9 Å². The van der Waals surface area contributed by atoms with E-state index in [0.29, 0.717) is 17.2 Å². The van der Waals surface area contributed by atoms with Gasteiger partial charge in [-0.2, -0.15) is 0 Å². The molecule has 2 aliphatic rings. The van der Waals surface area contributed by atoms with Gasteiger partial charge in [-0.3, -0.25) is 9.69 Å². The second-order valence-electron chi connectivity index (χ2n) is 3.98. The fraction of sp³-hybridized carbons (Fsp3) is 0.167. The minimum Gasteiger partial charge on any atom is -0.454 e. The predicted molar refractivity (Wildman–Crippen MR) is 64.9 cm³/mol. The Morgan fingerprint density at radius 2 is 2.17 bits per heavy atom. The Balaban J connectivity index is 1.95. The summed E-state index contributed by atoms with van der Waals surface area (Å²) in [4.78, 5) is 17.1. The van der Waals surface area contributed by atoms with E-state index in [4.69, 9.17) is 15.2 Å². The molecule has 0 radical (unpaired) electrons. The SMILES string of the molecule is CN1C(=O)/C(=C\c2ccc3c(c2)OCO3)N=C1N. The Kier molecular flexibility index (Phi) is 2.22. The molecule has 1 amide bonds. The smallest absolute Gasteiger partial charge is 0.279 e. The Labute approximate surface area is 103 Å². The highest BCUT2D eigenvalue weighted by Gasteiger charge is 2.24. The van der Waals surface area contributed by atoms with Gasteiger partial charge in [0.25, 0.3) is 5.91 Å². The van der Waals surface area contributed by atoms with Gasteiger partial charge in [0.15, 0.2) is 11.5 Å². The molecule has 0 aliphatic carbocycles. The third kappa shape index (κ3) is 1.58. The van der Waals surface area contributed by atoms with Crippen molar-refractivity contribution in [2.24, 2.45) is 10.7 Å². The Hall–Kier alpha value is -2.50. The molecule has 3 rings (SSSR count). The summed E-state index contributed by atoms with van der Waals surface area (Å²) in [6, 6.07) is 5.43. The van der Waals surface area contributed by atoms with Crippen LogP contribution in [0.4, 0.5) is 0 Å². The predicted octanol–water partition coefficient (Wildman–Crippen LogP) is 0.543. The molecule has 1 aromatic carbocycles. The van der Waals surface area contributed by atoms with Gasteiger partial charge in [0.2, 0.25) is 12.8 Å². The number of hydrogen-bond donors (Lipinski definition) is 1. The van der Waals surface area contributed by atoms with Gasteiger partial charge in [0.1, 0.15) is 5.70 Å². The lowest BCUT2D eigenvalue weighted by atomic mass is 10.1. The van der Waals surface area contributed by atoms with Crippen LogP contribution in [0.1, 0.15) is 5.56 Å². The lowest BCUT2D eigenvalue weighted by molar-refractivity contribution is -0.121. The van der Waals surface area contributed by atoms with E-state index in [1.54, 1.807) is 25.3 Å². The maximum atomic E-state index is 11.8. The van der Waals surface area contributed by atoms with Gasteiger partial charge in [-0.15, -0.1) is 0 Å². The molecule has 92 valence electrons. The van der Waals surface area contributed by atoms with Crippen molar-refractivity contribution in [1.82, 2.24) is 4.90 Å². The number of carbonyl (C=O) groups excluding carboxylic acids is 1. The second-order valence-corrected chi connectivity index (χ2v) is 3.98. The molecule has 18 heavy (non-hydrogen) atoms. The van der Waals surface area contributed by atoms with Crippen LogP contribution >= 0.6 is 0 Å². The van der Waals surface area contributed by atoms with Crippen molar-refractivity contribution in [3.8, 4) is 11.5 Å². The summed E-state index contributed by atoms with van der Waals surface area (Å²) >= 11 is 0. The number of nitrogens with zero attached hydrogens (tertiary/aromatic N) is 2. The van der Waals surface area contributed by atoms with Gasteiger partial charge in [0, 0.05) is 7.05 Å². The zero-order valence-corrected chi connectivity index (χ0v) is 9.71. The lowest BCUT2D eigenvalue weighted by Crippen LogP contribution is -2.33. The molecular formula is C12H11N3O3. The van der Waals surface area contributed by atoms with E-state index in [0.717, 1.165) is 5.56 Å². The zero-order chi connectivity index (χ0) is 12.7. The number of guanidine groups is 1. The van der Waals surface area contributed by atoms with E-state index in [1.165, 1.54) is 4.90 Å². The number of nitrogens with two attached hydrogens (primary N) is 1. The average Bonchev–Trinajstić information content (AvgIpc) is 2.91. The van der Waals surface area contributed by atoms with Crippen molar-refractivity contribution >= 4 is 17.9 Å². The summed E-state index contributed by atoms with van der Waals surface area (Å²) in [5.74, 6) is 1.35. The van der Waals surface area contributed by atoms with E-state index in [1.807, 2.05) is 6.07 Å². The highest BCUT2D eigenvalue weighted by Crippen LogP contribution is 2.33. The van der Waals surface area contributed by atoms with E-state index < -0.39 is 0 Å². The number of rotatable bonds is 1. The zero-order valence-electron chi connectivity index (χ0n) is 9.71. The topological polar surface area (TPSA) is 77.2 Å². The first-order valence-electron chi connectivity index (χ1n) is 5.39. The molecule has 2 heterocycles. The van der Waals surface area contributed by atoms with Crippen LogP contribution < -0.4 is 15.2 Å². The molecule has 0 spiro atoms. The first-order valence-corrected chi connectivity index (χ1v) is 5.39. The standard InChI is InChI=1S/C12H11N3O3/c1-15-11(16)8(14-12(15)13)4-7-2-3-9-10(5-7)18-6-17-9/h2-5H,6H2,1H3,(H2,13,14)/b8-4+. The number of ether oxygens (including phenoxy) is 2. The molecule has 0 fully saturated rings. The molecule has 1 aromatic rings. The third-order valence-corrected chi connectivity index (χ3v) is 2.80. The molecule has 6 heteroatoms. The number of aliphatic imine (C=N–C) groups is 1. The lowest BCUT2D eigenvalue weighted by Gasteiger charge is -2.05. The monoisotopic (exact) mass is 245 g/mol. The average molecular weight is 245 g/mol.